The first-order chi connectivity index (χ1) is 11.1. The lowest BCUT2D eigenvalue weighted by Gasteiger charge is -2.06. The van der Waals surface area contributed by atoms with Gasteiger partial charge >= 0.3 is 0 Å². The SMILES string of the molecule is C=CCOc1ccc(/C=N\NC(=O)c2ccc(O)cc2)cc1Br. The molecule has 0 spiro atoms. The zero-order valence-corrected chi connectivity index (χ0v) is 13.8. The molecule has 0 saturated heterocycles. The van der Waals surface area contributed by atoms with Gasteiger partial charge in [-0.2, -0.15) is 5.10 Å². The van der Waals surface area contributed by atoms with Crippen molar-refractivity contribution in [2.24, 2.45) is 5.10 Å². The number of carbonyl (C=O) groups is 1. The minimum absolute atomic E-state index is 0.105. The van der Waals surface area contributed by atoms with Crippen LogP contribution in [0.15, 0.2) is 64.7 Å². The van der Waals surface area contributed by atoms with E-state index in [0.717, 1.165) is 10.0 Å². The van der Waals surface area contributed by atoms with Gasteiger partial charge in [-0.25, -0.2) is 5.43 Å². The van der Waals surface area contributed by atoms with Gasteiger partial charge in [0.05, 0.1) is 10.7 Å². The molecule has 2 aromatic carbocycles. The average Bonchev–Trinajstić information content (AvgIpc) is 2.54. The Kier molecular flexibility index (Phi) is 5.94. The van der Waals surface area contributed by atoms with E-state index in [9.17, 15) is 9.90 Å². The first-order valence-corrected chi connectivity index (χ1v) is 7.55. The molecule has 0 saturated carbocycles. The summed E-state index contributed by atoms with van der Waals surface area (Å²) in [6.45, 7) is 4.02. The standard InChI is InChI=1S/C17H15BrN2O3/c1-2-9-23-16-8-3-12(10-15(16)18)11-19-20-17(22)13-4-6-14(21)7-5-13/h2-8,10-11,21H,1,9H2,(H,20,22)/b19-11-. The van der Waals surface area contributed by atoms with Crippen LogP contribution >= 0.6 is 15.9 Å². The zero-order chi connectivity index (χ0) is 16.7. The van der Waals surface area contributed by atoms with Crippen LogP contribution in [-0.2, 0) is 0 Å². The molecule has 118 valence electrons. The fourth-order valence-corrected chi connectivity index (χ4v) is 2.22. The molecule has 0 atom stereocenters. The number of rotatable bonds is 6. The topological polar surface area (TPSA) is 70.9 Å². The van der Waals surface area contributed by atoms with E-state index in [1.165, 1.54) is 30.5 Å². The number of amides is 1. The lowest BCUT2D eigenvalue weighted by Crippen LogP contribution is -2.17. The summed E-state index contributed by atoms with van der Waals surface area (Å²) in [6, 6.07) is 11.4. The highest BCUT2D eigenvalue weighted by molar-refractivity contribution is 9.10. The number of nitrogens with one attached hydrogen (secondary N) is 1. The van der Waals surface area contributed by atoms with Crippen molar-refractivity contribution in [1.29, 1.82) is 0 Å². The highest BCUT2D eigenvalue weighted by atomic mass is 79.9. The molecule has 0 aliphatic rings. The zero-order valence-electron chi connectivity index (χ0n) is 12.2. The summed E-state index contributed by atoms with van der Waals surface area (Å²) in [5.41, 5.74) is 3.64. The maximum atomic E-state index is 11.8. The minimum Gasteiger partial charge on any atom is -0.508 e. The molecule has 2 rings (SSSR count). The monoisotopic (exact) mass is 374 g/mol. The number of hydrazone groups is 1. The van der Waals surface area contributed by atoms with Gasteiger partial charge in [0.2, 0.25) is 0 Å². The molecular formula is C17H15BrN2O3. The van der Waals surface area contributed by atoms with Crippen molar-refractivity contribution >= 4 is 28.1 Å². The summed E-state index contributed by atoms with van der Waals surface area (Å²) in [5, 5.41) is 13.1. The maximum Gasteiger partial charge on any atom is 0.271 e. The van der Waals surface area contributed by atoms with Crippen LogP contribution in [0.3, 0.4) is 0 Å². The van der Waals surface area contributed by atoms with Crippen LogP contribution in [0, 0.1) is 0 Å². The third-order valence-electron chi connectivity index (χ3n) is 2.82. The first kappa shape index (κ1) is 16.8. The second kappa shape index (κ2) is 8.14. The van der Waals surface area contributed by atoms with E-state index in [0.29, 0.717) is 17.9 Å². The molecule has 2 N–H and O–H groups in total. The van der Waals surface area contributed by atoms with Crippen molar-refractivity contribution < 1.29 is 14.6 Å². The van der Waals surface area contributed by atoms with E-state index >= 15 is 0 Å². The molecule has 0 unspecified atom stereocenters. The Morgan fingerprint density at radius 1 is 1.30 bits per heavy atom. The summed E-state index contributed by atoms with van der Waals surface area (Å²) in [6.07, 6.45) is 3.20. The molecule has 2 aromatic rings. The van der Waals surface area contributed by atoms with Gasteiger partial charge in [-0.05, 0) is 64.0 Å². The largest absolute Gasteiger partial charge is 0.508 e. The number of phenols is 1. The third-order valence-corrected chi connectivity index (χ3v) is 3.44. The number of hydrogen-bond acceptors (Lipinski definition) is 4. The molecule has 0 heterocycles. The van der Waals surface area contributed by atoms with Crippen molar-refractivity contribution in [3.05, 3.63) is 70.7 Å². The molecule has 5 nitrogen and oxygen atoms in total. The van der Waals surface area contributed by atoms with Gasteiger partial charge in [-0.15, -0.1) is 0 Å². The minimum atomic E-state index is -0.355. The molecule has 6 heteroatoms. The van der Waals surface area contributed by atoms with E-state index in [-0.39, 0.29) is 11.7 Å². The lowest BCUT2D eigenvalue weighted by atomic mass is 10.2. The van der Waals surface area contributed by atoms with Crippen LogP contribution < -0.4 is 10.2 Å². The van der Waals surface area contributed by atoms with Crippen LogP contribution in [0.5, 0.6) is 11.5 Å². The summed E-state index contributed by atoms with van der Waals surface area (Å²) < 4.78 is 6.24. The maximum absolute atomic E-state index is 11.8. The number of aromatic hydroxyl groups is 1. The van der Waals surface area contributed by atoms with Crippen LogP contribution in [0.4, 0.5) is 0 Å². The van der Waals surface area contributed by atoms with Crippen molar-refractivity contribution in [2.45, 2.75) is 0 Å². The van der Waals surface area contributed by atoms with Crippen molar-refractivity contribution in [1.82, 2.24) is 5.43 Å². The van der Waals surface area contributed by atoms with Gasteiger partial charge in [-0.3, -0.25) is 4.79 Å². The van der Waals surface area contributed by atoms with Gasteiger partial charge in [0.15, 0.2) is 0 Å². The molecule has 0 bridgehead atoms. The molecular weight excluding hydrogens is 360 g/mol. The molecule has 0 aromatic heterocycles. The number of halogens is 1. The number of hydrogen-bond donors (Lipinski definition) is 2. The normalized spacial score (nSPS) is 10.5. The number of nitrogens with zero attached hydrogens (tertiary/aromatic N) is 1. The van der Waals surface area contributed by atoms with E-state index < -0.39 is 0 Å². The van der Waals surface area contributed by atoms with E-state index in [1.807, 2.05) is 12.1 Å². The Hall–Kier alpha value is -2.60. The molecule has 0 aliphatic carbocycles. The van der Waals surface area contributed by atoms with Gasteiger partial charge in [0.1, 0.15) is 18.1 Å². The Balaban J connectivity index is 1.97. The predicted octanol–water partition coefficient (Wildman–Crippen LogP) is 3.48. The van der Waals surface area contributed by atoms with Crippen LogP contribution in [0.25, 0.3) is 0 Å². The second-order valence-corrected chi connectivity index (χ2v) is 5.39. The Labute approximate surface area is 142 Å². The summed E-state index contributed by atoms with van der Waals surface area (Å²) in [4.78, 5) is 11.8. The molecule has 0 radical (unpaired) electrons. The van der Waals surface area contributed by atoms with Crippen LogP contribution in [0.1, 0.15) is 15.9 Å². The molecule has 0 aliphatic heterocycles. The van der Waals surface area contributed by atoms with E-state index in [4.69, 9.17) is 4.74 Å². The Morgan fingerprint density at radius 2 is 2.04 bits per heavy atom. The first-order valence-electron chi connectivity index (χ1n) is 6.76. The van der Waals surface area contributed by atoms with Gasteiger partial charge < -0.3 is 9.84 Å². The van der Waals surface area contributed by atoms with E-state index in [1.54, 1.807) is 12.1 Å². The smallest absolute Gasteiger partial charge is 0.271 e. The molecule has 0 fully saturated rings. The Bertz CT molecular complexity index is 727. The number of phenolic OH excluding ortho intramolecular Hbond substituents is 1. The highest BCUT2D eigenvalue weighted by Gasteiger charge is 2.04. The average molecular weight is 375 g/mol. The number of carbonyl (C=O) groups excluding carboxylic acids is 1. The fraction of sp³-hybridized carbons (Fsp3) is 0.0588. The third kappa shape index (κ3) is 4.96. The van der Waals surface area contributed by atoms with Gasteiger partial charge in [-0.1, -0.05) is 12.7 Å². The summed E-state index contributed by atoms with van der Waals surface area (Å²) >= 11 is 3.41. The van der Waals surface area contributed by atoms with Crippen molar-refractivity contribution in [2.75, 3.05) is 6.61 Å². The molecule has 1 amide bonds. The highest BCUT2D eigenvalue weighted by Crippen LogP contribution is 2.25. The quantitative estimate of drug-likeness (QED) is 0.461. The van der Waals surface area contributed by atoms with E-state index in [2.05, 4.69) is 33.0 Å². The van der Waals surface area contributed by atoms with Crippen LogP contribution in [-0.4, -0.2) is 23.8 Å². The van der Waals surface area contributed by atoms with Gasteiger partial charge in [0.25, 0.3) is 5.91 Å². The molecule has 23 heavy (non-hydrogen) atoms. The fourth-order valence-electron chi connectivity index (χ4n) is 1.71. The lowest BCUT2D eigenvalue weighted by molar-refractivity contribution is 0.0955. The summed E-state index contributed by atoms with van der Waals surface area (Å²) in [5.74, 6) is 0.454. The number of ether oxygens (including phenoxy) is 1. The second-order valence-electron chi connectivity index (χ2n) is 4.54. The van der Waals surface area contributed by atoms with Crippen molar-refractivity contribution in [3.63, 3.8) is 0 Å². The predicted molar refractivity (Wildman–Crippen MR) is 93.0 cm³/mol. The number of benzene rings is 2. The van der Waals surface area contributed by atoms with Crippen molar-refractivity contribution in [3.8, 4) is 11.5 Å². The Morgan fingerprint density at radius 3 is 2.70 bits per heavy atom. The summed E-state index contributed by atoms with van der Waals surface area (Å²) in [7, 11) is 0. The van der Waals surface area contributed by atoms with Gasteiger partial charge in [0, 0.05) is 5.56 Å². The van der Waals surface area contributed by atoms with Crippen LogP contribution in [0.2, 0.25) is 0 Å².